The zero-order valence-corrected chi connectivity index (χ0v) is 15.0. The first kappa shape index (κ1) is 16.8. The van der Waals surface area contributed by atoms with E-state index in [-0.39, 0.29) is 17.7 Å². The number of fused-ring (bicyclic) bond motifs is 1. The molecule has 2 aliphatic carbocycles. The highest BCUT2D eigenvalue weighted by molar-refractivity contribution is 5.78. The van der Waals surface area contributed by atoms with Crippen molar-refractivity contribution in [3.63, 3.8) is 0 Å². The van der Waals surface area contributed by atoms with Gasteiger partial charge in [-0.05, 0) is 44.9 Å². The SMILES string of the molecule is C[C@@H]1C[C@H]2CCCC[C@H]2N1CC(=O)NC1CCC2(CC1)OCCO2. The van der Waals surface area contributed by atoms with E-state index < -0.39 is 0 Å². The topological polar surface area (TPSA) is 50.8 Å². The Labute approximate surface area is 145 Å². The van der Waals surface area contributed by atoms with E-state index in [1.54, 1.807) is 0 Å². The fourth-order valence-electron chi connectivity index (χ4n) is 5.50. The van der Waals surface area contributed by atoms with Gasteiger partial charge in [-0.3, -0.25) is 9.69 Å². The summed E-state index contributed by atoms with van der Waals surface area (Å²) in [6.07, 6.45) is 10.4. The maximum atomic E-state index is 12.6. The van der Waals surface area contributed by atoms with Crippen molar-refractivity contribution in [1.82, 2.24) is 10.2 Å². The van der Waals surface area contributed by atoms with Gasteiger partial charge in [0.25, 0.3) is 0 Å². The van der Waals surface area contributed by atoms with Gasteiger partial charge in [0.2, 0.25) is 5.91 Å². The summed E-state index contributed by atoms with van der Waals surface area (Å²) >= 11 is 0. The summed E-state index contributed by atoms with van der Waals surface area (Å²) in [7, 11) is 0. The van der Waals surface area contributed by atoms with E-state index in [2.05, 4.69) is 17.1 Å². The molecule has 1 N–H and O–H groups in total. The van der Waals surface area contributed by atoms with Crippen LogP contribution in [0.5, 0.6) is 0 Å². The van der Waals surface area contributed by atoms with Crippen LogP contribution in [0.3, 0.4) is 0 Å². The Morgan fingerprint density at radius 3 is 2.58 bits per heavy atom. The minimum atomic E-state index is -0.333. The number of carbonyl (C=O) groups excluding carboxylic acids is 1. The van der Waals surface area contributed by atoms with Gasteiger partial charge in [-0.25, -0.2) is 0 Å². The Kier molecular flexibility index (Phi) is 4.85. The van der Waals surface area contributed by atoms with Gasteiger partial charge in [0.15, 0.2) is 5.79 Å². The third-order valence-electron chi connectivity index (χ3n) is 6.76. The standard InChI is InChI=1S/C19H32N2O3/c1-14-12-15-4-2-3-5-17(15)21(14)13-18(22)20-16-6-8-19(9-7-16)23-10-11-24-19/h14-17H,2-13H2,1H3,(H,20,22)/t14-,15-,17-/m1/s1. The van der Waals surface area contributed by atoms with Crippen LogP contribution in [0.1, 0.15) is 64.7 Å². The van der Waals surface area contributed by atoms with Crippen LogP contribution in [0.4, 0.5) is 0 Å². The normalized spacial score (nSPS) is 36.8. The number of rotatable bonds is 3. The van der Waals surface area contributed by atoms with E-state index in [0.717, 1.165) is 31.6 Å². The van der Waals surface area contributed by atoms with Crippen LogP contribution in [0, 0.1) is 5.92 Å². The summed E-state index contributed by atoms with van der Waals surface area (Å²) in [5, 5.41) is 3.28. The molecule has 0 bridgehead atoms. The van der Waals surface area contributed by atoms with Crippen molar-refractivity contribution in [3.8, 4) is 0 Å². The molecular formula is C19H32N2O3. The molecule has 2 aliphatic heterocycles. The molecule has 0 aromatic carbocycles. The number of nitrogens with one attached hydrogen (secondary N) is 1. The zero-order valence-electron chi connectivity index (χ0n) is 15.0. The molecule has 4 rings (SSSR count). The van der Waals surface area contributed by atoms with Crippen LogP contribution in [0.15, 0.2) is 0 Å². The van der Waals surface area contributed by atoms with E-state index in [9.17, 15) is 4.79 Å². The van der Waals surface area contributed by atoms with Crippen molar-refractivity contribution >= 4 is 5.91 Å². The van der Waals surface area contributed by atoms with E-state index >= 15 is 0 Å². The van der Waals surface area contributed by atoms with Crippen molar-refractivity contribution < 1.29 is 14.3 Å². The molecule has 3 atom stereocenters. The highest BCUT2D eigenvalue weighted by atomic mass is 16.7. The summed E-state index contributed by atoms with van der Waals surface area (Å²) < 4.78 is 11.5. The number of nitrogens with zero attached hydrogens (tertiary/aromatic N) is 1. The van der Waals surface area contributed by atoms with Gasteiger partial charge in [0.05, 0.1) is 19.8 Å². The van der Waals surface area contributed by atoms with Crippen LogP contribution >= 0.6 is 0 Å². The van der Waals surface area contributed by atoms with Gasteiger partial charge in [-0.2, -0.15) is 0 Å². The van der Waals surface area contributed by atoms with E-state index in [0.29, 0.717) is 31.8 Å². The Morgan fingerprint density at radius 2 is 1.83 bits per heavy atom. The molecule has 136 valence electrons. The molecule has 0 unspecified atom stereocenters. The average Bonchev–Trinajstić information content (AvgIpc) is 3.16. The Hall–Kier alpha value is -0.650. The monoisotopic (exact) mass is 336 g/mol. The molecule has 2 saturated carbocycles. The molecule has 1 amide bonds. The lowest BCUT2D eigenvalue weighted by Crippen LogP contribution is -2.49. The fraction of sp³-hybridized carbons (Fsp3) is 0.947. The molecular weight excluding hydrogens is 304 g/mol. The molecule has 1 spiro atoms. The molecule has 0 radical (unpaired) electrons. The van der Waals surface area contributed by atoms with Crippen molar-refractivity contribution in [3.05, 3.63) is 0 Å². The second-order valence-corrected chi connectivity index (χ2v) is 8.32. The van der Waals surface area contributed by atoms with Gasteiger partial charge >= 0.3 is 0 Å². The van der Waals surface area contributed by atoms with E-state index in [1.165, 1.54) is 32.1 Å². The minimum absolute atomic E-state index is 0.210. The molecule has 24 heavy (non-hydrogen) atoms. The Bertz CT molecular complexity index is 454. The van der Waals surface area contributed by atoms with Gasteiger partial charge in [0, 0.05) is 31.0 Å². The first-order valence-electron chi connectivity index (χ1n) is 9.98. The summed E-state index contributed by atoms with van der Waals surface area (Å²) in [4.78, 5) is 15.1. The largest absolute Gasteiger partial charge is 0.352 e. The van der Waals surface area contributed by atoms with Crippen LogP contribution < -0.4 is 5.32 Å². The predicted molar refractivity (Wildman–Crippen MR) is 91.6 cm³/mol. The molecule has 0 aromatic rings. The fourth-order valence-corrected chi connectivity index (χ4v) is 5.50. The lowest BCUT2D eigenvalue weighted by Gasteiger charge is -2.36. The quantitative estimate of drug-likeness (QED) is 0.860. The third kappa shape index (κ3) is 3.35. The average molecular weight is 336 g/mol. The predicted octanol–water partition coefficient (Wildman–Crippen LogP) is 2.44. The van der Waals surface area contributed by atoms with Crippen LogP contribution in [0.25, 0.3) is 0 Å². The van der Waals surface area contributed by atoms with E-state index in [1.807, 2.05) is 0 Å². The number of likely N-dealkylation sites (tertiary alicyclic amines) is 1. The third-order valence-corrected chi connectivity index (χ3v) is 6.76. The lowest BCUT2D eigenvalue weighted by atomic mass is 9.85. The molecule has 5 nitrogen and oxygen atoms in total. The molecule has 4 fully saturated rings. The molecule has 2 saturated heterocycles. The van der Waals surface area contributed by atoms with Crippen molar-refractivity contribution in [1.29, 1.82) is 0 Å². The minimum Gasteiger partial charge on any atom is -0.352 e. The van der Waals surface area contributed by atoms with E-state index in [4.69, 9.17) is 9.47 Å². The van der Waals surface area contributed by atoms with Crippen molar-refractivity contribution in [2.75, 3.05) is 19.8 Å². The Morgan fingerprint density at radius 1 is 1.12 bits per heavy atom. The number of hydrogen-bond donors (Lipinski definition) is 1. The maximum Gasteiger partial charge on any atom is 0.234 e. The van der Waals surface area contributed by atoms with Gasteiger partial charge in [-0.15, -0.1) is 0 Å². The molecule has 5 heteroatoms. The van der Waals surface area contributed by atoms with Crippen LogP contribution in [-0.2, 0) is 14.3 Å². The van der Waals surface area contributed by atoms with Gasteiger partial charge in [0.1, 0.15) is 0 Å². The first-order valence-corrected chi connectivity index (χ1v) is 9.98. The maximum absolute atomic E-state index is 12.6. The highest BCUT2D eigenvalue weighted by Crippen LogP contribution is 2.39. The number of hydrogen-bond acceptors (Lipinski definition) is 4. The summed E-state index contributed by atoms with van der Waals surface area (Å²) in [6.45, 7) is 4.31. The molecule has 2 heterocycles. The smallest absolute Gasteiger partial charge is 0.234 e. The zero-order chi connectivity index (χ0) is 16.6. The van der Waals surface area contributed by atoms with Gasteiger partial charge in [-0.1, -0.05) is 12.8 Å². The second kappa shape index (κ2) is 6.93. The van der Waals surface area contributed by atoms with Crippen molar-refractivity contribution in [2.45, 2.75) is 88.6 Å². The summed E-state index contributed by atoms with van der Waals surface area (Å²) in [5.74, 6) is 0.704. The van der Waals surface area contributed by atoms with Crippen LogP contribution in [0.2, 0.25) is 0 Å². The molecule has 0 aromatic heterocycles. The molecule has 4 aliphatic rings. The lowest BCUT2D eigenvalue weighted by molar-refractivity contribution is -0.180. The number of amides is 1. The highest BCUT2D eigenvalue weighted by Gasteiger charge is 2.42. The summed E-state index contributed by atoms with van der Waals surface area (Å²) in [5.41, 5.74) is 0. The first-order chi connectivity index (χ1) is 11.7. The number of ether oxygens (including phenoxy) is 2. The van der Waals surface area contributed by atoms with Crippen molar-refractivity contribution in [2.24, 2.45) is 5.92 Å². The number of carbonyl (C=O) groups is 1. The Balaban J connectivity index is 1.26. The van der Waals surface area contributed by atoms with Crippen LogP contribution in [-0.4, -0.2) is 54.5 Å². The second-order valence-electron chi connectivity index (χ2n) is 8.32. The van der Waals surface area contributed by atoms with Gasteiger partial charge < -0.3 is 14.8 Å². The summed E-state index contributed by atoms with van der Waals surface area (Å²) in [6, 6.07) is 1.49.